The van der Waals surface area contributed by atoms with Gasteiger partial charge in [-0.25, -0.2) is 0 Å². The summed E-state index contributed by atoms with van der Waals surface area (Å²) < 4.78 is 0. The third-order valence-electron chi connectivity index (χ3n) is 7.29. The molecule has 4 heterocycles. The Morgan fingerprint density at radius 1 is 1.14 bits per heavy atom. The lowest BCUT2D eigenvalue weighted by Crippen LogP contribution is -2.41. The molecule has 0 amide bonds. The molecular formula is C30H33N7. The molecule has 0 spiro atoms. The molecule has 0 bridgehead atoms. The molecule has 1 aliphatic rings. The Bertz CT molecular complexity index is 1450. The van der Waals surface area contributed by atoms with Gasteiger partial charge in [-0.2, -0.15) is 5.26 Å². The first-order chi connectivity index (χ1) is 18.0. The first kappa shape index (κ1) is 24.7. The Morgan fingerprint density at radius 3 is 2.76 bits per heavy atom. The fourth-order valence-corrected chi connectivity index (χ4v) is 5.06. The van der Waals surface area contributed by atoms with Gasteiger partial charge >= 0.3 is 0 Å². The highest BCUT2D eigenvalue weighted by Gasteiger charge is 2.20. The van der Waals surface area contributed by atoms with Gasteiger partial charge in [0.1, 0.15) is 6.07 Å². The van der Waals surface area contributed by atoms with E-state index in [1.807, 2.05) is 36.5 Å². The zero-order chi connectivity index (χ0) is 25.8. The molecule has 0 atom stereocenters. The second kappa shape index (κ2) is 11.0. The summed E-state index contributed by atoms with van der Waals surface area (Å²) in [5.41, 5.74) is 7.21. The SMILES string of the molecule is Cc1c(Nc2c(C#N)cncc2/C=C/c2cccc(CN3CCC(N(C)C)CC3)n2)ccc2[nH]ccc12. The zero-order valence-corrected chi connectivity index (χ0v) is 21.7. The number of fused-ring (bicyclic) bond motifs is 1. The van der Waals surface area contributed by atoms with Crippen molar-refractivity contribution < 1.29 is 0 Å². The third kappa shape index (κ3) is 5.56. The quantitative estimate of drug-likeness (QED) is 0.351. The lowest BCUT2D eigenvalue weighted by atomic mass is 10.0. The van der Waals surface area contributed by atoms with Gasteiger partial charge in [-0.15, -0.1) is 0 Å². The average molecular weight is 492 g/mol. The Balaban J connectivity index is 1.35. The molecule has 3 aromatic heterocycles. The lowest BCUT2D eigenvalue weighted by molar-refractivity contribution is 0.139. The summed E-state index contributed by atoms with van der Waals surface area (Å²) in [4.78, 5) is 17.3. The normalized spacial score (nSPS) is 15.0. The van der Waals surface area contributed by atoms with E-state index in [-0.39, 0.29) is 0 Å². The van der Waals surface area contributed by atoms with Crippen molar-refractivity contribution in [2.45, 2.75) is 32.4 Å². The fourth-order valence-electron chi connectivity index (χ4n) is 5.06. The molecule has 0 radical (unpaired) electrons. The van der Waals surface area contributed by atoms with Crippen LogP contribution < -0.4 is 5.32 Å². The van der Waals surface area contributed by atoms with Crippen LogP contribution in [0.2, 0.25) is 0 Å². The Morgan fingerprint density at radius 2 is 1.97 bits per heavy atom. The number of aryl methyl sites for hydroxylation is 1. The number of hydrogen-bond acceptors (Lipinski definition) is 6. The predicted octanol–water partition coefficient (Wildman–Crippen LogP) is 5.58. The maximum absolute atomic E-state index is 9.77. The van der Waals surface area contributed by atoms with E-state index in [1.165, 1.54) is 12.8 Å². The van der Waals surface area contributed by atoms with Crippen molar-refractivity contribution in [2.24, 2.45) is 0 Å². The molecule has 7 heteroatoms. The van der Waals surface area contributed by atoms with Crippen molar-refractivity contribution in [1.29, 1.82) is 5.26 Å². The molecule has 0 saturated carbocycles. The van der Waals surface area contributed by atoms with Gasteiger partial charge in [0, 0.05) is 66.4 Å². The van der Waals surface area contributed by atoms with Gasteiger partial charge in [-0.05, 0) is 81.9 Å². The van der Waals surface area contributed by atoms with Crippen molar-refractivity contribution in [3.8, 4) is 6.07 Å². The number of benzene rings is 1. The van der Waals surface area contributed by atoms with E-state index < -0.39 is 0 Å². The van der Waals surface area contributed by atoms with Crippen LogP contribution in [0.15, 0.2) is 55.0 Å². The molecule has 4 aromatic rings. The molecule has 1 aliphatic heterocycles. The van der Waals surface area contributed by atoms with Gasteiger partial charge in [-0.3, -0.25) is 14.9 Å². The molecule has 1 fully saturated rings. The highest BCUT2D eigenvalue weighted by atomic mass is 15.2. The molecule has 2 N–H and O–H groups in total. The molecule has 7 nitrogen and oxygen atoms in total. The first-order valence-corrected chi connectivity index (χ1v) is 12.8. The van der Waals surface area contributed by atoms with Crippen molar-refractivity contribution in [3.05, 3.63) is 83.1 Å². The number of H-pyrrole nitrogens is 1. The van der Waals surface area contributed by atoms with Crippen molar-refractivity contribution in [3.63, 3.8) is 0 Å². The minimum atomic E-state index is 0.499. The van der Waals surface area contributed by atoms with E-state index in [2.05, 4.69) is 70.4 Å². The van der Waals surface area contributed by atoms with E-state index in [0.717, 1.165) is 64.4 Å². The van der Waals surface area contributed by atoms with Gasteiger partial charge in [0.15, 0.2) is 0 Å². The predicted molar refractivity (Wildman–Crippen MR) is 150 cm³/mol. The lowest BCUT2D eigenvalue weighted by Gasteiger charge is -2.35. The van der Waals surface area contributed by atoms with Crippen LogP contribution in [0, 0.1) is 18.3 Å². The molecule has 0 unspecified atom stereocenters. The summed E-state index contributed by atoms with van der Waals surface area (Å²) in [6, 6.07) is 15.3. The van der Waals surface area contributed by atoms with E-state index >= 15 is 0 Å². The first-order valence-electron chi connectivity index (χ1n) is 12.8. The largest absolute Gasteiger partial charge is 0.361 e. The molecule has 37 heavy (non-hydrogen) atoms. The van der Waals surface area contributed by atoms with Crippen LogP contribution in [0.4, 0.5) is 11.4 Å². The smallest absolute Gasteiger partial charge is 0.103 e. The van der Waals surface area contributed by atoms with E-state index in [9.17, 15) is 5.26 Å². The number of piperidine rings is 1. The van der Waals surface area contributed by atoms with Gasteiger partial charge < -0.3 is 15.2 Å². The van der Waals surface area contributed by atoms with Crippen LogP contribution in [0.3, 0.4) is 0 Å². The number of rotatable bonds is 7. The summed E-state index contributed by atoms with van der Waals surface area (Å²) in [5, 5.41) is 14.4. The molecule has 1 aromatic carbocycles. The Labute approximate surface area is 218 Å². The van der Waals surface area contributed by atoms with Crippen LogP contribution in [-0.4, -0.2) is 58.0 Å². The molecular weight excluding hydrogens is 458 g/mol. The van der Waals surface area contributed by atoms with Crippen LogP contribution in [0.1, 0.15) is 40.9 Å². The molecule has 0 aliphatic carbocycles. The van der Waals surface area contributed by atoms with Crippen LogP contribution >= 0.6 is 0 Å². The van der Waals surface area contributed by atoms with Crippen LogP contribution in [0.5, 0.6) is 0 Å². The number of hydrogen-bond donors (Lipinski definition) is 2. The van der Waals surface area contributed by atoms with Gasteiger partial charge in [0.25, 0.3) is 0 Å². The number of nitriles is 1. The average Bonchev–Trinajstić information content (AvgIpc) is 3.40. The van der Waals surface area contributed by atoms with Crippen molar-refractivity contribution >= 4 is 34.4 Å². The molecule has 5 rings (SSSR count). The maximum Gasteiger partial charge on any atom is 0.103 e. The summed E-state index contributed by atoms with van der Waals surface area (Å²) in [6.45, 7) is 5.14. The van der Waals surface area contributed by atoms with Gasteiger partial charge in [-0.1, -0.05) is 6.07 Å². The number of aromatic nitrogens is 3. The van der Waals surface area contributed by atoms with Crippen molar-refractivity contribution in [1.82, 2.24) is 24.8 Å². The van der Waals surface area contributed by atoms with Gasteiger partial charge in [0.05, 0.1) is 22.6 Å². The second-order valence-corrected chi connectivity index (χ2v) is 9.92. The topological polar surface area (TPSA) is 83.9 Å². The van der Waals surface area contributed by atoms with E-state index in [1.54, 1.807) is 12.4 Å². The minimum absolute atomic E-state index is 0.499. The van der Waals surface area contributed by atoms with E-state index in [0.29, 0.717) is 11.6 Å². The zero-order valence-electron chi connectivity index (χ0n) is 21.7. The van der Waals surface area contributed by atoms with Crippen LogP contribution in [0.25, 0.3) is 23.1 Å². The van der Waals surface area contributed by atoms with Gasteiger partial charge in [0.2, 0.25) is 0 Å². The molecule has 188 valence electrons. The number of nitrogens with one attached hydrogen (secondary N) is 2. The number of anilines is 2. The summed E-state index contributed by atoms with van der Waals surface area (Å²) in [7, 11) is 4.34. The van der Waals surface area contributed by atoms with E-state index in [4.69, 9.17) is 4.98 Å². The summed E-state index contributed by atoms with van der Waals surface area (Å²) >= 11 is 0. The highest BCUT2D eigenvalue weighted by molar-refractivity contribution is 5.90. The third-order valence-corrected chi connectivity index (χ3v) is 7.29. The van der Waals surface area contributed by atoms with Crippen LogP contribution in [-0.2, 0) is 6.54 Å². The fraction of sp³-hybridized carbons (Fsp3) is 0.300. The molecule has 1 saturated heterocycles. The standard InChI is InChI=1S/C30H33N7/c1-21-27-11-14-33-29(27)10-9-28(21)35-30-22(18-32-19-23(30)17-31)7-8-24-5-4-6-25(34-24)20-37-15-12-26(13-16-37)36(2)3/h4-11,14,18-19,26,33H,12-13,15-16,20H2,1-3H3,(H,32,35)/b8-7+. The monoisotopic (exact) mass is 491 g/mol. The number of pyridine rings is 2. The number of nitrogens with zero attached hydrogens (tertiary/aromatic N) is 5. The second-order valence-electron chi connectivity index (χ2n) is 9.92. The minimum Gasteiger partial charge on any atom is -0.361 e. The highest BCUT2D eigenvalue weighted by Crippen LogP contribution is 2.31. The number of aromatic amines is 1. The maximum atomic E-state index is 9.77. The van der Waals surface area contributed by atoms with Crippen molar-refractivity contribution in [2.75, 3.05) is 32.5 Å². The Kier molecular flexibility index (Phi) is 7.31. The Hall–Kier alpha value is -3.99. The summed E-state index contributed by atoms with van der Waals surface area (Å²) in [6.07, 6.45) is 11.7. The number of likely N-dealkylation sites (tertiary alicyclic amines) is 1. The summed E-state index contributed by atoms with van der Waals surface area (Å²) in [5.74, 6) is 0.